The van der Waals surface area contributed by atoms with Crippen LogP contribution in [0.15, 0.2) is 36.4 Å². The summed E-state index contributed by atoms with van der Waals surface area (Å²) in [5.74, 6) is 0.687. The summed E-state index contributed by atoms with van der Waals surface area (Å²) in [6.07, 6.45) is -0.874. The number of halogens is 4. The molecule has 2 aromatic rings. The van der Waals surface area contributed by atoms with Crippen LogP contribution in [-0.2, 0) is 16.4 Å². The molecule has 0 bridgehead atoms. The molecule has 0 radical (unpaired) electrons. The second kappa shape index (κ2) is 6.16. The summed E-state index contributed by atoms with van der Waals surface area (Å²) in [6, 6.07) is 8.32. The number of benzene rings is 2. The number of carbonyl (C=O) groups is 1. The van der Waals surface area contributed by atoms with Gasteiger partial charge in [0.1, 0.15) is 11.5 Å². The Hall–Kier alpha value is -2.21. The van der Waals surface area contributed by atoms with E-state index in [1.54, 1.807) is 18.0 Å². The Morgan fingerprint density at radius 2 is 1.81 bits per heavy atom. The van der Waals surface area contributed by atoms with Crippen molar-refractivity contribution in [3.8, 4) is 11.5 Å². The number of rotatable bonds is 2. The summed E-state index contributed by atoms with van der Waals surface area (Å²) in [6.45, 7) is 0. The highest BCUT2D eigenvalue weighted by Crippen LogP contribution is 2.52. The van der Waals surface area contributed by atoms with Crippen LogP contribution in [0, 0.1) is 0 Å². The highest BCUT2D eigenvalue weighted by atomic mass is 35.5. The zero-order valence-corrected chi connectivity index (χ0v) is 15.3. The van der Waals surface area contributed by atoms with Crippen molar-refractivity contribution in [2.45, 2.75) is 37.3 Å². The van der Waals surface area contributed by atoms with Crippen LogP contribution in [0.2, 0.25) is 5.02 Å². The topological polar surface area (TPSA) is 29.5 Å². The summed E-state index contributed by atoms with van der Waals surface area (Å²) in [5.41, 5.74) is 0.444. The molecule has 1 heterocycles. The van der Waals surface area contributed by atoms with Crippen molar-refractivity contribution < 1.29 is 22.7 Å². The Bertz CT molecular complexity index is 920. The third-order valence-electron chi connectivity index (χ3n) is 5.50. The Morgan fingerprint density at radius 3 is 2.44 bits per heavy atom. The predicted octanol–water partition coefficient (Wildman–Crippen LogP) is 5.94. The van der Waals surface area contributed by atoms with Crippen LogP contribution in [0.4, 0.5) is 18.9 Å². The summed E-state index contributed by atoms with van der Waals surface area (Å²) in [7, 11) is 1.77. The van der Waals surface area contributed by atoms with Crippen molar-refractivity contribution in [3.05, 3.63) is 52.5 Å². The molecule has 4 rings (SSSR count). The van der Waals surface area contributed by atoms with Crippen molar-refractivity contribution >= 4 is 23.2 Å². The van der Waals surface area contributed by atoms with E-state index in [9.17, 15) is 18.0 Å². The molecule has 1 saturated carbocycles. The van der Waals surface area contributed by atoms with E-state index in [1.165, 1.54) is 6.07 Å². The average Bonchev–Trinajstić information content (AvgIpc) is 3.18. The zero-order valence-electron chi connectivity index (χ0n) is 14.6. The maximum absolute atomic E-state index is 12.8. The largest absolute Gasteiger partial charge is 0.456 e. The zero-order chi connectivity index (χ0) is 19.4. The Kier molecular flexibility index (Phi) is 4.14. The number of hydrogen-bond donors (Lipinski definition) is 0. The number of anilines is 1. The number of nitrogens with zero attached hydrogens (tertiary/aromatic N) is 1. The fourth-order valence-corrected chi connectivity index (χ4v) is 4.37. The van der Waals surface area contributed by atoms with Gasteiger partial charge < -0.3 is 9.64 Å². The van der Waals surface area contributed by atoms with Gasteiger partial charge in [0.05, 0.1) is 16.0 Å². The number of alkyl halides is 3. The highest BCUT2D eigenvalue weighted by Gasteiger charge is 2.51. The van der Waals surface area contributed by atoms with E-state index in [1.807, 2.05) is 12.1 Å². The van der Waals surface area contributed by atoms with Crippen molar-refractivity contribution in [3.63, 3.8) is 0 Å². The van der Waals surface area contributed by atoms with Crippen molar-refractivity contribution in [1.82, 2.24) is 0 Å². The van der Waals surface area contributed by atoms with E-state index in [0.717, 1.165) is 49.1 Å². The minimum Gasteiger partial charge on any atom is -0.456 e. The molecule has 3 nitrogen and oxygen atoms in total. The quantitative estimate of drug-likeness (QED) is 0.629. The molecule has 7 heteroatoms. The maximum atomic E-state index is 12.8. The number of likely N-dealkylation sites (N-methyl/N-ethyl adjacent to an activating group) is 1. The van der Waals surface area contributed by atoms with Crippen LogP contribution in [-0.4, -0.2) is 13.0 Å². The van der Waals surface area contributed by atoms with Crippen LogP contribution >= 0.6 is 11.6 Å². The van der Waals surface area contributed by atoms with Crippen LogP contribution < -0.4 is 9.64 Å². The van der Waals surface area contributed by atoms with Crippen LogP contribution in [0.5, 0.6) is 11.5 Å². The molecule has 1 fully saturated rings. The fourth-order valence-electron chi connectivity index (χ4n) is 4.15. The Labute approximate surface area is 159 Å². The number of fused-ring (bicyclic) bond motifs is 2. The first-order valence-corrected chi connectivity index (χ1v) is 9.07. The normalized spacial score (nSPS) is 18.3. The summed E-state index contributed by atoms with van der Waals surface area (Å²) in [5, 5.41) is -0.117. The smallest absolute Gasteiger partial charge is 0.416 e. The number of hydrogen-bond acceptors (Lipinski definition) is 2. The van der Waals surface area contributed by atoms with Crippen molar-refractivity contribution in [2.24, 2.45) is 0 Å². The molecule has 1 aliphatic carbocycles. The molecule has 1 amide bonds. The second-order valence-electron chi connectivity index (χ2n) is 7.08. The van der Waals surface area contributed by atoms with Crippen molar-refractivity contribution in [2.75, 3.05) is 11.9 Å². The molecule has 0 N–H and O–H groups in total. The van der Waals surface area contributed by atoms with Gasteiger partial charge in [-0.2, -0.15) is 13.2 Å². The van der Waals surface area contributed by atoms with E-state index in [0.29, 0.717) is 5.75 Å². The van der Waals surface area contributed by atoms with Gasteiger partial charge in [-0.05, 0) is 54.8 Å². The fraction of sp³-hybridized carbons (Fsp3) is 0.350. The first-order chi connectivity index (χ1) is 12.7. The molecule has 27 heavy (non-hydrogen) atoms. The van der Waals surface area contributed by atoms with Gasteiger partial charge in [-0.3, -0.25) is 4.79 Å². The van der Waals surface area contributed by atoms with Gasteiger partial charge >= 0.3 is 6.18 Å². The SMILES string of the molecule is CN1C(=O)C2(CCCC2)c2cc(Oc3ccc(C(F)(F)F)cc3Cl)ccc21. The van der Waals surface area contributed by atoms with Gasteiger partial charge in [0.15, 0.2) is 0 Å². The number of amides is 1. The maximum Gasteiger partial charge on any atom is 0.416 e. The minimum atomic E-state index is -4.46. The first-order valence-electron chi connectivity index (χ1n) is 8.70. The number of carbonyl (C=O) groups excluding carboxylic acids is 1. The van der Waals surface area contributed by atoms with E-state index >= 15 is 0 Å². The highest BCUT2D eigenvalue weighted by molar-refractivity contribution is 6.32. The molecule has 1 aliphatic heterocycles. The van der Waals surface area contributed by atoms with Crippen LogP contribution in [0.3, 0.4) is 0 Å². The lowest BCUT2D eigenvalue weighted by Gasteiger charge is -2.22. The summed E-state index contributed by atoms with van der Waals surface area (Å²) < 4.78 is 44.1. The molecular formula is C20H17ClF3NO2. The Balaban J connectivity index is 1.68. The third kappa shape index (κ3) is 2.87. The molecule has 0 atom stereocenters. The van der Waals surface area contributed by atoms with E-state index < -0.39 is 17.2 Å². The molecule has 2 aromatic carbocycles. The lowest BCUT2D eigenvalue weighted by atomic mass is 9.80. The van der Waals surface area contributed by atoms with E-state index in [2.05, 4.69) is 0 Å². The van der Waals surface area contributed by atoms with Gasteiger partial charge in [0, 0.05) is 12.7 Å². The Morgan fingerprint density at radius 1 is 1.11 bits per heavy atom. The van der Waals surface area contributed by atoms with Gasteiger partial charge in [-0.15, -0.1) is 0 Å². The van der Waals surface area contributed by atoms with E-state index in [-0.39, 0.29) is 16.7 Å². The van der Waals surface area contributed by atoms with Gasteiger partial charge in [-0.1, -0.05) is 24.4 Å². The van der Waals surface area contributed by atoms with Crippen LogP contribution in [0.1, 0.15) is 36.8 Å². The van der Waals surface area contributed by atoms with Gasteiger partial charge in [0.2, 0.25) is 5.91 Å². The standard InChI is InChI=1S/C20H17ClF3NO2/c1-25-16-6-5-13(11-14(16)19(18(25)26)8-2-3-9-19)27-17-7-4-12(10-15(17)21)20(22,23)24/h4-7,10-11H,2-3,8-9H2,1H3. The van der Waals surface area contributed by atoms with Crippen LogP contribution in [0.25, 0.3) is 0 Å². The second-order valence-corrected chi connectivity index (χ2v) is 7.48. The van der Waals surface area contributed by atoms with Gasteiger partial charge in [0.25, 0.3) is 0 Å². The third-order valence-corrected chi connectivity index (χ3v) is 5.80. The molecular weight excluding hydrogens is 379 g/mol. The minimum absolute atomic E-state index is 0.0970. The monoisotopic (exact) mass is 395 g/mol. The number of ether oxygens (including phenoxy) is 1. The lowest BCUT2D eigenvalue weighted by Crippen LogP contribution is -2.36. The molecule has 0 unspecified atom stereocenters. The van der Waals surface area contributed by atoms with Crippen molar-refractivity contribution in [1.29, 1.82) is 0 Å². The lowest BCUT2D eigenvalue weighted by molar-refractivity contribution is -0.137. The first kappa shape index (κ1) is 18.2. The molecule has 0 aromatic heterocycles. The molecule has 142 valence electrons. The summed E-state index contributed by atoms with van der Waals surface area (Å²) in [4.78, 5) is 14.5. The molecule has 2 aliphatic rings. The summed E-state index contributed by atoms with van der Waals surface area (Å²) >= 11 is 5.98. The predicted molar refractivity (Wildman–Crippen MR) is 96.5 cm³/mol. The average molecular weight is 396 g/mol. The van der Waals surface area contributed by atoms with E-state index in [4.69, 9.17) is 16.3 Å². The molecule has 1 spiro atoms. The van der Waals surface area contributed by atoms with Gasteiger partial charge in [-0.25, -0.2) is 0 Å². The molecule has 0 saturated heterocycles.